The third-order valence-electron chi connectivity index (χ3n) is 3.54. The van der Waals surface area contributed by atoms with Gasteiger partial charge in [-0.15, -0.1) is 0 Å². The van der Waals surface area contributed by atoms with E-state index >= 15 is 0 Å². The largest absolute Gasteiger partial charge is 0.377 e. The maximum Gasteiger partial charge on any atom is 0.246 e. The maximum atomic E-state index is 12.1. The highest BCUT2D eigenvalue weighted by molar-refractivity contribution is 7.89. The van der Waals surface area contributed by atoms with Crippen molar-refractivity contribution in [2.75, 3.05) is 13.2 Å². The smallest absolute Gasteiger partial charge is 0.246 e. The number of hydrogen-bond acceptors (Lipinski definition) is 5. The lowest BCUT2D eigenvalue weighted by molar-refractivity contribution is 0.0321. The summed E-state index contributed by atoms with van der Waals surface area (Å²) in [5.74, 6) is 0.309. The van der Waals surface area contributed by atoms with Crippen molar-refractivity contribution >= 4 is 10.0 Å². The van der Waals surface area contributed by atoms with Crippen LogP contribution in [0.25, 0.3) is 0 Å². The topological polar surface area (TPSA) is 81.4 Å². The minimum Gasteiger partial charge on any atom is -0.377 e. The molecule has 6 nitrogen and oxygen atoms in total. The van der Waals surface area contributed by atoms with E-state index in [-0.39, 0.29) is 17.5 Å². The minimum atomic E-state index is -3.57. The molecular formula is C13H22N2O4S. The second kappa shape index (κ2) is 6.69. The molecule has 0 unspecified atom stereocenters. The Morgan fingerprint density at radius 3 is 2.60 bits per heavy atom. The van der Waals surface area contributed by atoms with Gasteiger partial charge in [0.25, 0.3) is 0 Å². The quantitative estimate of drug-likeness (QED) is 0.812. The van der Waals surface area contributed by atoms with Gasteiger partial charge >= 0.3 is 0 Å². The molecule has 0 aliphatic heterocycles. The highest BCUT2D eigenvalue weighted by Crippen LogP contribution is 2.20. The Balaban J connectivity index is 1.81. The molecule has 1 N–H and O–H groups in total. The van der Waals surface area contributed by atoms with Gasteiger partial charge in [0.1, 0.15) is 10.6 Å². The second-order valence-corrected chi connectivity index (χ2v) is 6.89. The van der Waals surface area contributed by atoms with Gasteiger partial charge in [-0.1, -0.05) is 24.4 Å². The first kappa shape index (κ1) is 15.5. The summed E-state index contributed by atoms with van der Waals surface area (Å²) in [6.45, 7) is 3.87. The fourth-order valence-corrected chi connectivity index (χ4v) is 3.90. The molecule has 0 atom stereocenters. The lowest BCUT2D eigenvalue weighted by atomic mass is 9.98. The van der Waals surface area contributed by atoms with Gasteiger partial charge in [0, 0.05) is 6.54 Å². The molecule has 1 fully saturated rings. The van der Waals surface area contributed by atoms with Crippen molar-refractivity contribution in [3.63, 3.8) is 0 Å². The third kappa shape index (κ3) is 3.80. The van der Waals surface area contributed by atoms with Crippen LogP contribution < -0.4 is 4.72 Å². The molecule has 0 radical (unpaired) electrons. The molecule has 7 heteroatoms. The van der Waals surface area contributed by atoms with Gasteiger partial charge in [-0.05, 0) is 26.7 Å². The van der Waals surface area contributed by atoms with Gasteiger partial charge in [0.05, 0.1) is 12.7 Å². The predicted molar refractivity (Wildman–Crippen MR) is 74.0 cm³/mol. The first-order valence-electron chi connectivity index (χ1n) is 7.05. The molecule has 114 valence electrons. The van der Waals surface area contributed by atoms with Crippen LogP contribution in [-0.4, -0.2) is 32.8 Å². The maximum absolute atomic E-state index is 12.1. The van der Waals surface area contributed by atoms with Gasteiger partial charge in [-0.2, -0.15) is 0 Å². The number of ether oxygens (including phenoxy) is 1. The molecule has 0 bridgehead atoms. The number of rotatable bonds is 6. The molecule has 0 saturated heterocycles. The first-order valence-corrected chi connectivity index (χ1v) is 8.53. The fourth-order valence-electron chi connectivity index (χ4n) is 2.56. The number of nitrogens with zero attached hydrogens (tertiary/aromatic N) is 1. The van der Waals surface area contributed by atoms with E-state index in [9.17, 15) is 8.42 Å². The Hall–Kier alpha value is -0.920. The summed E-state index contributed by atoms with van der Waals surface area (Å²) in [5.41, 5.74) is 0.378. The highest BCUT2D eigenvalue weighted by Gasteiger charge is 2.23. The van der Waals surface area contributed by atoms with E-state index < -0.39 is 10.0 Å². The molecule has 1 saturated carbocycles. The van der Waals surface area contributed by atoms with Crippen molar-refractivity contribution in [1.29, 1.82) is 0 Å². The third-order valence-corrected chi connectivity index (χ3v) is 5.24. The van der Waals surface area contributed by atoms with Gasteiger partial charge in [0.2, 0.25) is 10.0 Å². The lowest BCUT2D eigenvalue weighted by Gasteiger charge is -2.21. The van der Waals surface area contributed by atoms with Crippen LogP contribution in [0.3, 0.4) is 0 Å². The predicted octanol–water partition coefficient (Wildman–Crippen LogP) is 1.92. The van der Waals surface area contributed by atoms with Gasteiger partial charge < -0.3 is 9.26 Å². The van der Waals surface area contributed by atoms with Gasteiger partial charge in [-0.25, -0.2) is 13.1 Å². The van der Waals surface area contributed by atoms with E-state index in [4.69, 9.17) is 9.26 Å². The van der Waals surface area contributed by atoms with E-state index in [1.54, 1.807) is 13.8 Å². The molecule has 0 spiro atoms. The van der Waals surface area contributed by atoms with E-state index in [2.05, 4.69) is 9.88 Å². The Morgan fingerprint density at radius 2 is 2.00 bits per heavy atom. The summed E-state index contributed by atoms with van der Waals surface area (Å²) in [6.07, 6.45) is 6.13. The van der Waals surface area contributed by atoms with E-state index in [1.807, 2.05) is 0 Å². The van der Waals surface area contributed by atoms with Crippen LogP contribution in [0.4, 0.5) is 0 Å². The van der Waals surface area contributed by atoms with Crippen molar-refractivity contribution in [2.45, 2.75) is 57.0 Å². The average Bonchev–Trinajstić information content (AvgIpc) is 2.76. The van der Waals surface area contributed by atoms with Gasteiger partial charge in [-0.3, -0.25) is 0 Å². The molecule has 2 rings (SSSR count). The average molecular weight is 302 g/mol. The SMILES string of the molecule is Cc1noc(C)c1S(=O)(=O)NCCOC1CCCCC1. The van der Waals surface area contributed by atoms with Crippen LogP contribution in [0.1, 0.15) is 43.6 Å². The normalized spacial score (nSPS) is 17.5. The van der Waals surface area contributed by atoms with Crippen LogP contribution in [0.2, 0.25) is 0 Å². The summed E-state index contributed by atoms with van der Waals surface area (Å²) >= 11 is 0. The second-order valence-electron chi connectivity index (χ2n) is 5.18. The first-order chi connectivity index (χ1) is 9.50. The molecule has 1 aliphatic carbocycles. The summed E-state index contributed by atoms with van der Waals surface area (Å²) < 4.78 is 37.3. The molecular weight excluding hydrogens is 280 g/mol. The van der Waals surface area contributed by atoms with Crippen molar-refractivity contribution in [2.24, 2.45) is 0 Å². The Morgan fingerprint density at radius 1 is 1.30 bits per heavy atom. The monoisotopic (exact) mass is 302 g/mol. The van der Waals surface area contributed by atoms with Crippen molar-refractivity contribution in [3.05, 3.63) is 11.5 Å². The Labute approximate surface area is 119 Å². The molecule has 1 heterocycles. The van der Waals surface area contributed by atoms with Gasteiger partial charge in [0.15, 0.2) is 5.76 Å². The van der Waals surface area contributed by atoms with E-state index in [0.29, 0.717) is 18.1 Å². The molecule has 0 amide bonds. The number of hydrogen-bond donors (Lipinski definition) is 1. The van der Waals surface area contributed by atoms with Crippen LogP contribution in [-0.2, 0) is 14.8 Å². The molecule has 1 aromatic rings. The number of aryl methyl sites for hydroxylation is 2. The minimum absolute atomic E-state index is 0.134. The summed E-state index contributed by atoms with van der Waals surface area (Å²) in [5, 5.41) is 3.66. The van der Waals surface area contributed by atoms with E-state index in [1.165, 1.54) is 19.3 Å². The van der Waals surface area contributed by atoms with Crippen LogP contribution >= 0.6 is 0 Å². The number of aromatic nitrogens is 1. The summed E-state index contributed by atoms with van der Waals surface area (Å²) in [6, 6.07) is 0. The molecule has 1 aliphatic rings. The number of sulfonamides is 1. The zero-order valence-electron chi connectivity index (χ0n) is 12.0. The lowest BCUT2D eigenvalue weighted by Crippen LogP contribution is -2.30. The molecule has 0 aromatic carbocycles. The highest BCUT2D eigenvalue weighted by atomic mass is 32.2. The Bertz CT molecular complexity index is 513. The van der Waals surface area contributed by atoms with E-state index in [0.717, 1.165) is 12.8 Å². The number of nitrogens with one attached hydrogen (secondary N) is 1. The molecule has 20 heavy (non-hydrogen) atoms. The summed E-state index contributed by atoms with van der Waals surface area (Å²) in [7, 11) is -3.57. The standard InChI is InChI=1S/C13H22N2O4S/c1-10-13(11(2)19-15-10)20(16,17)14-8-9-18-12-6-4-3-5-7-12/h12,14H,3-9H2,1-2H3. The van der Waals surface area contributed by atoms with Crippen molar-refractivity contribution < 1.29 is 17.7 Å². The van der Waals surface area contributed by atoms with Crippen LogP contribution in [0.15, 0.2) is 9.42 Å². The van der Waals surface area contributed by atoms with Crippen molar-refractivity contribution in [1.82, 2.24) is 9.88 Å². The zero-order valence-corrected chi connectivity index (χ0v) is 12.8. The molecule has 1 aromatic heterocycles. The summed E-state index contributed by atoms with van der Waals surface area (Å²) in [4.78, 5) is 0.134. The fraction of sp³-hybridized carbons (Fsp3) is 0.769. The van der Waals surface area contributed by atoms with Crippen LogP contribution in [0, 0.1) is 13.8 Å². The van der Waals surface area contributed by atoms with Crippen LogP contribution in [0.5, 0.6) is 0 Å². The Kier molecular flexibility index (Phi) is 5.17. The zero-order chi connectivity index (χ0) is 14.6. The van der Waals surface area contributed by atoms with Crippen molar-refractivity contribution in [3.8, 4) is 0 Å².